The van der Waals surface area contributed by atoms with E-state index in [1.54, 1.807) is 24.3 Å². The fourth-order valence-electron chi connectivity index (χ4n) is 1.92. The van der Waals surface area contributed by atoms with Gasteiger partial charge in [0, 0.05) is 10.6 Å². The van der Waals surface area contributed by atoms with Gasteiger partial charge in [-0.25, -0.2) is 4.39 Å². The molecule has 1 aromatic heterocycles. The Morgan fingerprint density at radius 2 is 1.95 bits per heavy atom. The molecule has 0 amide bonds. The van der Waals surface area contributed by atoms with E-state index >= 15 is 0 Å². The van der Waals surface area contributed by atoms with Crippen LogP contribution < -0.4 is 5.73 Å². The van der Waals surface area contributed by atoms with Gasteiger partial charge in [-0.1, -0.05) is 29.3 Å². The first-order valence-corrected chi connectivity index (χ1v) is 6.61. The van der Waals surface area contributed by atoms with E-state index in [-0.39, 0.29) is 5.02 Å². The molecule has 0 atom stereocenters. The molecule has 21 heavy (non-hydrogen) atoms. The van der Waals surface area contributed by atoms with Crippen molar-refractivity contribution in [1.29, 1.82) is 0 Å². The predicted octanol–water partition coefficient (Wildman–Crippen LogP) is 3.36. The Bertz CT molecular complexity index is 798. The molecule has 1 heterocycles. The van der Waals surface area contributed by atoms with Crippen LogP contribution in [0.1, 0.15) is 0 Å². The zero-order valence-corrected chi connectivity index (χ0v) is 12.0. The fraction of sp³-hybridized carbons (Fsp3) is 0. The van der Waals surface area contributed by atoms with Crippen molar-refractivity contribution in [1.82, 2.24) is 20.2 Å². The Morgan fingerprint density at radius 3 is 2.71 bits per heavy atom. The SMILES string of the molecule is Nc1c(Cl)cccc1-c1nnnn1-c1cc(F)cc(Cl)c1. The topological polar surface area (TPSA) is 69.6 Å². The van der Waals surface area contributed by atoms with Gasteiger partial charge in [-0.05, 0) is 40.8 Å². The number of rotatable bonds is 2. The molecule has 5 nitrogen and oxygen atoms in total. The molecule has 3 aromatic rings. The van der Waals surface area contributed by atoms with Crippen LogP contribution in [0, 0.1) is 5.82 Å². The van der Waals surface area contributed by atoms with Crippen molar-refractivity contribution in [2.45, 2.75) is 0 Å². The van der Waals surface area contributed by atoms with Gasteiger partial charge in [-0.3, -0.25) is 0 Å². The number of hydrogen-bond acceptors (Lipinski definition) is 4. The van der Waals surface area contributed by atoms with E-state index in [0.717, 1.165) is 0 Å². The van der Waals surface area contributed by atoms with Crippen molar-refractivity contribution in [2.75, 3.05) is 5.73 Å². The molecule has 0 aliphatic heterocycles. The normalized spacial score (nSPS) is 10.8. The van der Waals surface area contributed by atoms with Crippen LogP contribution in [0.5, 0.6) is 0 Å². The molecule has 2 aromatic carbocycles. The maximum atomic E-state index is 13.5. The summed E-state index contributed by atoms with van der Waals surface area (Å²) in [4.78, 5) is 0. The third kappa shape index (κ3) is 2.55. The van der Waals surface area contributed by atoms with E-state index < -0.39 is 5.82 Å². The van der Waals surface area contributed by atoms with Crippen LogP contribution in [0.2, 0.25) is 10.0 Å². The summed E-state index contributed by atoms with van der Waals surface area (Å²) in [5.41, 5.74) is 7.22. The average molecular weight is 324 g/mol. The highest BCUT2D eigenvalue weighted by Crippen LogP contribution is 2.31. The van der Waals surface area contributed by atoms with Crippen LogP contribution >= 0.6 is 23.2 Å². The number of nitrogens with two attached hydrogens (primary N) is 1. The molecule has 0 fully saturated rings. The summed E-state index contributed by atoms with van der Waals surface area (Å²) >= 11 is 11.8. The monoisotopic (exact) mass is 323 g/mol. The second kappa shape index (κ2) is 5.31. The zero-order chi connectivity index (χ0) is 15.0. The van der Waals surface area contributed by atoms with Gasteiger partial charge in [-0.2, -0.15) is 4.68 Å². The minimum atomic E-state index is -0.488. The van der Waals surface area contributed by atoms with Gasteiger partial charge in [0.25, 0.3) is 0 Å². The molecule has 0 saturated carbocycles. The first-order chi connectivity index (χ1) is 10.1. The molecule has 0 bridgehead atoms. The quantitative estimate of drug-likeness (QED) is 0.734. The first kappa shape index (κ1) is 13.8. The lowest BCUT2D eigenvalue weighted by Gasteiger charge is -2.08. The van der Waals surface area contributed by atoms with E-state index in [4.69, 9.17) is 28.9 Å². The lowest BCUT2D eigenvalue weighted by molar-refractivity contribution is 0.625. The summed E-state index contributed by atoms with van der Waals surface area (Å²) in [7, 11) is 0. The Hall–Kier alpha value is -2.18. The highest BCUT2D eigenvalue weighted by molar-refractivity contribution is 6.33. The van der Waals surface area contributed by atoms with E-state index in [2.05, 4.69) is 15.5 Å². The Morgan fingerprint density at radius 1 is 1.14 bits per heavy atom. The minimum Gasteiger partial charge on any atom is -0.397 e. The van der Waals surface area contributed by atoms with Crippen LogP contribution in [-0.4, -0.2) is 20.2 Å². The molecule has 0 unspecified atom stereocenters. The second-order valence-electron chi connectivity index (χ2n) is 4.24. The molecule has 0 spiro atoms. The van der Waals surface area contributed by atoms with E-state index in [1.807, 2.05) is 0 Å². The second-order valence-corrected chi connectivity index (χ2v) is 5.09. The number of halogens is 3. The number of benzene rings is 2. The molecule has 106 valence electrons. The van der Waals surface area contributed by atoms with Crippen LogP contribution in [-0.2, 0) is 0 Å². The lowest BCUT2D eigenvalue weighted by Crippen LogP contribution is -2.02. The van der Waals surface area contributed by atoms with Gasteiger partial charge < -0.3 is 5.73 Å². The summed E-state index contributed by atoms with van der Waals surface area (Å²) in [5, 5.41) is 12.0. The number of nitrogen functional groups attached to an aromatic ring is 1. The van der Waals surface area contributed by atoms with Crippen LogP contribution in [0.4, 0.5) is 10.1 Å². The molecular formula is C13H8Cl2FN5. The maximum Gasteiger partial charge on any atom is 0.189 e. The number of hydrogen-bond donors (Lipinski definition) is 1. The highest BCUT2D eigenvalue weighted by Gasteiger charge is 2.15. The summed E-state index contributed by atoms with van der Waals surface area (Å²) in [6.07, 6.45) is 0. The van der Waals surface area contributed by atoms with E-state index in [0.29, 0.717) is 27.8 Å². The summed E-state index contributed by atoms with van der Waals surface area (Å²) in [6, 6.07) is 9.13. The van der Waals surface area contributed by atoms with Crippen molar-refractivity contribution in [3.05, 3.63) is 52.3 Å². The lowest BCUT2D eigenvalue weighted by atomic mass is 10.1. The van der Waals surface area contributed by atoms with Crippen molar-refractivity contribution < 1.29 is 4.39 Å². The molecule has 2 N–H and O–H groups in total. The van der Waals surface area contributed by atoms with Gasteiger partial charge in [0.05, 0.1) is 16.4 Å². The van der Waals surface area contributed by atoms with Crippen LogP contribution in [0.3, 0.4) is 0 Å². The predicted molar refractivity (Wildman–Crippen MR) is 79.0 cm³/mol. The Balaban J connectivity index is 2.19. The van der Waals surface area contributed by atoms with Gasteiger partial charge in [-0.15, -0.1) is 5.10 Å². The number of para-hydroxylation sites is 1. The van der Waals surface area contributed by atoms with Crippen molar-refractivity contribution in [3.8, 4) is 17.1 Å². The first-order valence-electron chi connectivity index (χ1n) is 5.85. The molecular weight excluding hydrogens is 316 g/mol. The Kier molecular flexibility index (Phi) is 3.48. The largest absolute Gasteiger partial charge is 0.397 e. The molecule has 0 aliphatic rings. The summed E-state index contributed by atoms with van der Waals surface area (Å²) in [5.74, 6) is -0.144. The smallest absolute Gasteiger partial charge is 0.189 e. The summed E-state index contributed by atoms with van der Waals surface area (Å²) in [6.45, 7) is 0. The van der Waals surface area contributed by atoms with Gasteiger partial charge in [0.1, 0.15) is 5.82 Å². The standard InChI is InChI=1S/C13H8Cl2FN5/c14-7-4-8(16)6-9(5-7)21-13(18-19-20-21)10-2-1-3-11(15)12(10)17/h1-6H,17H2. The fourth-order valence-corrected chi connectivity index (χ4v) is 2.31. The van der Waals surface area contributed by atoms with Crippen molar-refractivity contribution in [2.24, 2.45) is 0 Å². The van der Waals surface area contributed by atoms with Crippen molar-refractivity contribution in [3.63, 3.8) is 0 Å². The van der Waals surface area contributed by atoms with E-state index in [9.17, 15) is 4.39 Å². The van der Waals surface area contributed by atoms with Crippen LogP contribution in [0.25, 0.3) is 17.1 Å². The molecule has 3 rings (SSSR count). The third-order valence-electron chi connectivity index (χ3n) is 2.86. The number of nitrogens with zero attached hydrogens (tertiary/aromatic N) is 4. The third-order valence-corrected chi connectivity index (χ3v) is 3.40. The van der Waals surface area contributed by atoms with Gasteiger partial charge in [0.15, 0.2) is 5.82 Å². The minimum absolute atomic E-state index is 0.241. The molecule has 0 aliphatic carbocycles. The summed E-state index contributed by atoms with van der Waals surface area (Å²) < 4.78 is 14.8. The van der Waals surface area contributed by atoms with Crippen LogP contribution in [0.15, 0.2) is 36.4 Å². The number of aromatic nitrogens is 4. The zero-order valence-electron chi connectivity index (χ0n) is 10.5. The van der Waals surface area contributed by atoms with E-state index in [1.165, 1.54) is 16.8 Å². The van der Waals surface area contributed by atoms with Gasteiger partial charge >= 0.3 is 0 Å². The van der Waals surface area contributed by atoms with Gasteiger partial charge in [0.2, 0.25) is 0 Å². The number of anilines is 1. The maximum absolute atomic E-state index is 13.5. The number of tetrazole rings is 1. The average Bonchev–Trinajstić information content (AvgIpc) is 2.90. The van der Waals surface area contributed by atoms with Crippen molar-refractivity contribution >= 4 is 28.9 Å². The highest BCUT2D eigenvalue weighted by atomic mass is 35.5. The molecule has 0 saturated heterocycles. The molecule has 8 heteroatoms. The Labute approximate surface area is 129 Å². The molecule has 0 radical (unpaired) electrons.